The summed E-state index contributed by atoms with van der Waals surface area (Å²) in [7, 11) is 0. The van der Waals surface area contributed by atoms with Crippen LogP contribution in [0.1, 0.15) is 6.92 Å². The number of thioether (sulfide) groups is 1. The molecule has 1 unspecified atom stereocenters. The first-order valence-corrected chi connectivity index (χ1v) is 6.57. The number of carbonyl (C=O) groups is 1. The van der Waals surface area contributed by atoms with Crippen LogP contribution in [0, 0.1) is 0 Å². The van der Waals surface area contributed by atoms with E-state index in [9.17, 15) is 4.79 Å². The van der Waals surface area contributed by atoms with Gasteiger partial charge in [0.2, 0.25) is 5.91 Å². The Kier molecular flexibility index (Phi) is 3.37. The molecule has 2 heterocycles. The van der Waals surface area contributed by atoms with Crippen LogP contribution in [0.3, 0.4) is 0 Å². The number of piperazine rings is 1. The molecule has 2 rings (SSSR count). The molecule has 1 aliphatic heterocycles. The van der Waals surface area contributed by atoms with Gasteiger partial charge < -0.3 is 16.0 Å². The van der Waals surface area contributed by atoms with Crippen molar-refractivity contribution >= 4 is 29.3 Å². The molecular weight excluding hydrogens is 238 g/mol. The standard InChI is InChI=1S/C10H15N5OS/c1-6-9(16)12-3-4-15(6)8-5-7(11)13-10(14-8)17-2/h5-6H,3-4H2,1-2H3,(H,12,16)(H2,11,13,14). The molecule has 1 fully saturated rings. The molecule has 6 nitrogen and oxygen atoms in total. The molecule has 1 aliphatic rings. The second kappa shape index (κ2) is 4.79. The minimum Gasteiger partial charge on any atom is -0.383 e. The molecule has 3 N–H and O–H groups in total. The van der Waals surface area contributed by atoms with E-state index in [0.29, 0.717) is 23.3 Å². The fourth-order valence-electron chi connectivity index (χ4n) is 1.76. The highest BCUT2D eigenvalue weighted by Crippen LogP contribution is 2.21. The second-order valence-electron chi connectivity index (χ2n) is 3.80. The maximum atomic E-state index is 11.6. The fourth-order valence-corrected chi connectivity index (χ4v) is 2.15. The summed E-state index contributed by atoms with van der Waals surface area (Å²) in [6, 6.07) is 1.47. The molecule has 0 saturated carbocycles. The summed E-state index contributed by atoms with van der Waals surface area (Å²) in [4.78, 5) is 22.0. The molecule has 17 heavy (non-hydrogen) atoms. The van der Waals surface area contributed by atoms with Crippen LogP contribution < -0.4 is 16.0 Å². The predicted molar refractivity (Wildman–Crippen MR) is 68.0 cm³/mol. The number of hydrogen-bond donors (Lipinski definition) is 2. The van der Waals surface area contributed by atoms with Crippen LogP contribution in [0.25, 0.3) is 0 Å². The first kappa shape index (κ1) is 12.0. The number of carbonyl (C=O) groups excluding carboxylic acids is 1. The van der Waals surface area contributed by atoms with Crippen molar-refractivity contribution in [3.8, 4) is 0 Å². The molecule has 0 bridgehead atoms. The molecule has 1 amide bonds. The summed E-state index contributed by atoms with van der Waals surface area (Å²) in [5, 5.41) is 3.44. The van der Waals surface area contributed by atoms with Crippen LogP contribution in [0.2, 0.25) is 0 Å². The van der Waals surface area contributed by atoms with E-state index in [1.165, 1.54) is 11.8 Å². The summed E-state index contributed by atoms with van der Waals surface area (Å²) < 4.78 is 0. The van der Waals surface area contributed by atoms with Gasteiger partial charge in [-0.1, -0.05) is 11.8 Å². The SMILES string of the molecule is CSc1nc(N)cc(N2CCNC(=O)C2C)n1. The number of nitrogens with two attached hydrogens (primary N) is 1. The van der Waals surface area contributed by atoms with Gasteiger partial charge in [0.25, 0.3) is 0 Å². The Bertz CT molecular complexity index is 439. The molecule has 1 saturated heterocycles. The topological polar surface area (TPSA) is 84.1 Å². The smallest absolute Gasteiger partial charge is 0.242 e. The number of aromatic nitrogens is 2. The number of amides is 1. The number of nitrogens with zero attached hydrogens (tertiary/aromatic N) is 3. The number of rotatable bonds is 2. The summed E-state index contributed by atoms with van der Waals surface area (Å²) in [6.45, 7) is 3.21. The molecule has 0 aliphatic carbocycles. The lowest BCUT2D eigenvalue weighted by atomic mass is 10.2. The van der Waals surface area contributed by atoms with E-state index < -0.39 is 0 Å². The molecule has 0 spiro atoms. The molecule has 1 atom stereocenters. The number of nitrogen functional groups attached to an aromatic ring is 1. The van der Waals surface area contributed by atoms with Gasteiger partial charge in [-0.05, 0) is 13.2 Å². The van der Waals surface area contributed by atoms with Crippen molar-refractivity contribution in [1.29, 1.82) is 0 Å². The zero-order chi connectivity index (χ0) is 12.4. The van der Waals surface area contributed by atoms with Gasteiger partial charge in [-0.25, -0.2) is 9.97 Å². The zero-order valence-electron chi connectivity index (χ0n) is 9.80. The highest BCUT2D eigenvalue weighted by atomic mass is 32.2. The molecule has 92 valence electrons. The molecule has 7 heteroatoms. The Morgan fingerprint density at radius 3 is 3.06 bits per heavy atom. The highest BCUT2D eigenvalue weighted by Gasteiger charge is 2.26. The molecule has 1 aromatic heterocycles. The number of anilines is 2. The minimum absolute atomic E-state index is 0.0131. The maximum Gasteiger partial charge on any atom is 0.242 e. The molecule has 0 radical (unpaired) electrons. The van der Waals surface area contributed by atoms with Crippen LogP contribution >= 0.6 is 11.8 Å². The normalized spacial score (nSPS) is 20.2. The third-order valence-electron chi connectivity index (χ3n) is 2.69. The van der Waals surface area contributed by atoms with Crippen molar-refractivity contribution in [3.63, 3.8) is 0 Å². The van der Waals surface area contributed by atoms with Gasteiger partial charge in [-0.2, -0.15) is 0 Å². The maximum absolute atomic E-state index is 11.6. The average Bonchev–Trinajstić information content (AvgIpc) is 2.31. The van der Waals surface area contributed by atoms with E-state index in [-0.39, 0.29) is 11.9 Å². The van der Waals surface area contributed by atoms with Crippen molar-refractivity contribution in [3.05, 3.63) is 6.07 Å². The molecular formula is C10H15N5OS. The van der Waals surface area contributed by atoms with E-state index in [4.69, 9.17) is 5.73 Å². The van der Waals surface area contributed by atoms with Gasteiger partial charge in [-0.15, -0.1) is 0 Å². The van der Waals surface area contributed by atoms with Crippen molar-refractivity contribution in [2.45, 2.75) is 18.1 Å². The predicted octanol–water partition coefficient (Wildman–Crippen LogP) is 0.105. The lowest BCUT2D eigenvalue weighted by Gasteiger charge is -2.33. The van der Waals surface area contributed by atoms with Gasteiger partial charge in [0.1, 0.15) is 17.7 Å². The van der Waals surface area contributed by atoms with Gasteiger partial charge in [0, 0.05) is 19.2 Å². The van der Waals surface area contributed by atoms with Gasteiger partial charge >= 0.3 is 0 Å². The third-order valence-corrected chi connectivity index (χ3v) is 3.24. The quantitative estimate of drug-likeness (QED) is 0.574. The second-order valence-corrected chi connectivity index (χ2v) is 4.57. The average molecular weight is 253 g/mol. The number of hydrogen-bond acceptors (Lipinski definition) is 6. The molecule has 0 aromatic carbocycles. The Labute approximate surface area is 104 Å². The third kappa shape index (κ3) is 2.44. The van der Waals surface area contributed by atoms with Crippen molar-refractivity contribution in [2.75, 3.05) is 30.0 Å². The summed E-state index contributed by atoms with van der Waals surface area (Å²) in [5.41, 5.74) is 5.73. The van der Waals surface area contributed by atoms with Gasteiger partial charge in [-0.3, -0.25) is 4.79 Å². The van der Waals surface area contributed by atoms with Crippen LogP contribution in [-0.4, -0.2) is 41.3 Å². The summed E-state index contributed by atoms with van der Waals surface area (Å²) >= 11 is 1.43. The van der Waals surface area contributed by atoms with Crippen LogP contribution in [0.15, 0.2) is 11.2 Å². The zero-order valence-corrected chi connectivity index (χ0v) is 10.6. The van der Waals surface area contributed by atoms with Crippen LogP contribution in [0.4, 0.5) is 11.6 Å². The van der Waals surface area contributed by atoms with Crippen molar-refractivity contribution in [1.82, 2.24) is 15.3 Å². The summed E-state index contributed by atoms with van der Waals surface area (Å²) in [6.07, 6.45) is 1.89. The summed E-state index contributed by atoms with van der Waals surface area (Å²) in [5.74, 6) is 1.15. The fraction of sp³-hybridized carbons (Fsp3) is 0.500. The van der Waals surface area contributed by atoms with Crippen LogP contribution in [-0.2, 0) is 4.79 Å². The lowest BCUT2D eigenvalue weighted by Crippen LogP contribution is -2.54. The first-order valence-electron chi connectivity index (χ1n) is 5.34. The highest BCUT2D eigenvalue weighted by molar-refractivity contribution is 7.98. The monoisotopic (exact) mass is 253 g/mol. The van der Waals surface area contributed by atoms with E-state index in [1.807, 2.05) is 18.1 Å². The molecule has 1 aromatic rings. The van der Waals surface area contributed by atoms with E-state index in [1.54, 1.807) is 6.07 Å². The van der Waals surface area contributed by atoms with Gasteiger partial charge in [0.15, 0.2) is 5.16 Å². The van der Waals surface area contributed by atoms with Crippen molar-refractivity contribution in [2.24, 2.45) is 0 Å². The van der Waals surface area contributed by atoms with Crippen molar-refractivity contribution < 1.29 is 4.79 Å². The Balaban J connectivity index is 2.32. The first-order chi connectivity index (χ1) is 8.11. The minimum atomic E-state index is -0.229. The van der Waals surface area contributed by atoms with E-state index in [0.717, 1.165) is 6.54 Å². The Morgan fingerprint density at radius 1 is 1.59 bits per heavy atom. The van der Waals surface area contributed by atoms with E-state index >= 15 is 0 Å². The largest absolute Gasteiger partial charge is 0.383 e. The Hall–Kier alpha value is -1.50. The Morgan fingerprint density at radius 2 is 2.35 bits per heavy atom. The van der Waals surface area contributed by atoms with Gasteiger partial charge in [0.05, 0.1) is 0 Å². The van der Waals surface area contributed by atoms with Crippen LogP contribution in [0.5, 0.6) is 0 Å². The van der Waals surface area contributed by atoms with E-state index in [2.05, 4.69) is 15.3 Å². The lowest BCUT2D eigenvalue weighted by molar-refractivity contribution is -0.122. The number of nitrogens with one attached hydrogen (secondary N) is 1.